The first-order valence-corrected chi connectivity index (χ1v) is 39.1. The lowest BCUT2D eigenvalue weighted by Crippen LogP contribution is -2.28. The maximum absolute atomic E-state index is 14.0. The van der Waals surface area contributed by atoms with Crippen molar-refractivity contribution in [2.75, 3.05) is 71.6 Å². The fourth-order valence-electron chi connectivity index (χ4n) is 12.0. The van der Waals surface area contributed by atoms with Gasteiger partial charge in [0, 0.05) is 104 Å². The third kappa shape index (κ3) is 16.2. The number of anilines is 4. The van der Waals surface area contributed by atoms with Crippen LogP contribution in [-0.4, -0.2) is 151 Å². The summed E-state index contributed by atoms with van der Waals surface area (Å²) in [6.07, 6.45) is 4.93. The molecular weight excluding hydrogens is 1530 g/mol. The Morgan fingerprint density at radius 3 is 1.02 bits per heavy atom. The number of aromatic nitrogens is 4. The number of nitrogens with zero attached hydrogens (tertiary/aromatic N) is 4. The Hall–Kier alpha value is -12.8. The first kappa shape index (κ1) is 77.8. The van der Waals surface area contributed by atoms with Crippen LogP contribution in [0.3, 0.4) is 0 Å². The number of carbonyl (C=O) groups is 4. The second kappa shape index (κ2) is 31.8. The monoisotopic (exact) mass is 1590 g/mol. The number of ether oxygens (including phenoxy) is 3. The fraction of sp³-hybridized carbons (Fsp3) is 0.162. The first-order valence-electron chi connectivity index (χ1n) is 33.2. The number of amides is 2. The van der Waals surface area contributed by atoms with Gasteiger partial charge in [-0.3, -0.25) is 38.1 Å². The molecule has 33 nitrogen and oxygen atoms in total. The number of sulfonamides is 4. The molecule has 0 fully saturated rings. The molecule has 2 amide bonds. The van der Waals surface area contributed by atoms with Gasteiger partial charge < -0.3 is 54.1 Å². The minimum absolute atomic E-state index is 0.0288. The molecule has 111 heavy (non-hydrogen) atoms. The van der Waals surface area contributed by atoms with Gasteiger partial charge in [-0.1, -0.05) is 36.4 Å². The largest absolute Gasteiger partial charge is 0.505 e. The molecule has 4 aromatic heterocycles. The molecule has 0 saturated carbocycles. The highest BCUT2D eigenvalue weighted by Gasteiger charge is 2.34. The number of hydrogen-bond donors (Lipinski definition) is 10. The minimum Gasteiger partial charge on any atom is -0.505 e. The summed E-state index contributed by atoms with van der Waals surface area (Å²) >= 11 is 0. The van der Waals surface area contributed by atoms with Crippen LogP contribution < -0.4 is 40.4 Å². The third-order valence-corrected chi connectivity index (χ3v) is 22.5. The van der Waals surface area contributed by atoms with Crippen LogP contribution in [0.25, 0.3) is 66.8 Å². The minimum atomic E-state index is -4.52. The summed E-state index contributed by atoms with van der Waals surface area (Å²) in [7, 11) is -18.0. The maximum Gasteiger partial charge on any atom is 0.336 e. The Labute approximate surface area is 630 Å². The molecule has 0 saturated heterocycles. The highest BCUT2D eigenvalue weighted by Crippen LogP contribution is 2.50. The van der Waals surface area contributed by atoms with Crippen molar-refractivity contribution < 1.29 is 96.3 Å². The Bertz CT molecular complexity index is 5880. The van der Waals surface area contributed by atoms with E-state index in [1.807, 2.05) is 0 Å². The number of pyridine rings is 4. The molecule has 0 radical (unpaired) electrons. The standard InChI is InChI=1S/C74H64N10O23S4/c1-39-63(85)53(81-108(95,96)57-13-5-9-21-75-57)35-49-61(50-36-54(64(86)40(2)68(50)106-67(39)49)82-109(97,98)58-14-6-10-22-76-58)45-19-17-43(33-47(45)73(91)92)71(89)79-25-27-103-29-31-105-32-30-104-28-26-80-72(90)44-18-20-46(48(34-44)74(93)94)62-51-37-55(83-110(99,100)59-15-7-11-23-77-59)65(87)41(3)69(51)107-70-42(4)66(88)56(38-52(62)70)84-111(101,102)60-16-8-12-24-78-60/h5-24,33-38,81-85,87H,25-32H2,1-4H3,(H,79,89)(H,80,90)(H,91,92)(H,93,94). The Kier molecular flexibility index (Phi) is 22.3. The molecule has 2 aliphatic heterocycles. The van der Waals surface area contributed by atoms with Gasteiger partial charge in [0.25, 0.3) is 51.9 Å². The SMILES string of the molecule is Cc1c2oc3c(C)c(O)c(NS(=O)(=O)c4ccccn4)cc3c(-c3ccc(C(=O)NCCOCCOCCOCCNC(=O)c4ccc(-c5c6cc(NS(=O)(=O)c7ccccn7)c(=O)c(C)c-6oc6c(C)c(O)c(NS(=O)(=O)c7ccccn7)cc56)c(C(=O)O)c4)cc3C(=O)O)c-2cc(NS(=O)(=O)c2ccccn2)c1=O. The molecule has 10 N–H and O–H groups in total. The van der Waals surface area contributed by atoms with Gasteiger partial charge in [0.2, 0.25) is 10.9 Å². The number of carboxylic acids is 2. The molecule has 572 valence electrons. The summed E-state index contributed by atoms with van der Waals surface area (Å²) in [6.45, 7) is 5.48. The van der Waals surface area contributed by atoms with Gasteiger partial charge in [0.05, 0.1) is 73.5 Å². The Morgan fingerprint density at radius 2 is 0.712 bits per heavy atom. The molecule has 8 aromatic rings. The lowest BCUT2D eigenvalue weighted by atomic mass is 9.87. The summed E-state index contributed by atoms with van der Waals surface area (Å²) in [4.78, 5) is 97.6. The van der Waals surface area contributed by atoms with E-state index in [1.165, 1.54) is 162 Å². The zero-order valence-corrected chi connectivity index (χ0v) is 61.9. The third-order valence-electron chi connectivity index (χ3n) is 17.4. The van der Waals surface area contributed by atoms with Crippen molar-refractivity contribution in [3.63, 3.8) is 0 Å². The number of carbonyl (C=O) groups excluding carboxylic acids is 2. The topological polar surface area (TPSA) is 498 Å². The van der Waals surface area contributed by atoms with Crippen molar-refractivity contribution in [1.29, 1.82) is 0 Å². The van der Waals surface area contributed by atoms with Crippen LogP contribution in [0.4, 0.5) is 22.7 Å². The predicted molar refractivity (Wildman–Crippen MR) is 403 cm³/mol. The van der Waals surface area contributed by atoms with Crippen LogP contribution in [0.5, 0.6) is 11.5 Å². The number of carboxylic acid groups (broad SMARTS) is 2. The van der Waals surface area contributed by atoms with Crippen LogP contribution in [0.1, 0.15) is 63.7 Å². The number of nitrogens with one attached hydrogen (secondary N) is 6. The first-order chi connectivity index (χ1) is 52.9. The number of fused-ring (bicyclic) bond motifs is 4. The molecule has 2 aliphatic carbocycles. The Balaban J connectivity index is 0.687. The number of aryl methyl sites for hydroxylation is 2. The molecule has 0 bridgehead atoms. The molecule has 0 spiro atoms. The van der Waals surface area contributed by atoms with Crippen LogP contribution in [-0.2, 0) is 54.3 Å². The summed E-state index contributed by atoms with van der Waals surface area (Å²) in [6, 6.07) is 28.3. The van der Waals surface area contributed by atoms with E-state index in [9.17, 15) is 82.9 Å². The second-order valence-corrected chi connectivity index (χ2v) is 31.1. The molecular formula is C74H64N10O23S4. The van der Waals surface area contributed by atoms with Crippen LogP contribution in [0, 0.1) is 27.7 Å². The van der Waals surface area contributed by atoms with Gasteiger partial charge in [0.15, 0.2) is 20.1 Å². The van der Waals surface area contributed by atoms with Gasteiger partial charge in [-0.05, 0) is 136 Å². The van der Waals surface area contributed by atoms with Gasteiger partial charge in [-0.2, -0.15) is 33.7 Å². The number of rotatable bonds is 30. The van der Waals surface area contributed by atoms with Crippen molar-refractivity contribution in [2.24, 2.45) is 0 Å². The van der Waals surface area contributed by atoms with Crippen molar-refractivity contribution in [3.05, 3.63) is 223 Å². The zero-order chi connectivity index (χ0) is 79.4. The van der Waals surface area contributed by atoms with E-state index in [4.69, 9.17) is 23.0 Å². The van der Waals surface area contributed by atoms with E-state index in [0.717, 1.165) is 24.3 Å². The maximum atomic E-state index is 14.0. The van der Waals surface area contributed by atoms with Crippen molar-refractivity contribution >= 4 is 109 Å². The van der Waals surface area contributed by atoms with Crippen LogP contribution in [0.15, 0.2) is 197 Å². The van der Waals surface area contributed by atoms with E-state index in [-0.39, 0.29) is 153 Å². The van der Waals surface area contributed by atoms with Gasteiger partial charge in [-0.15, -0.1) is 0 Å². The highest BCUT2D eigenvalue weighted by molar-refractivity contribution is 7.93. The molecule has 37 heteroatoms. The summed E-state index contributed by atoms with van der Waals surface area (Å²) in [5, 5.41) is 48.2. The smallest absolute Gasteiger partial charge is 0.336 e. The van der Waals surface area contributed by atoms with E-state index in [0.29, 0.717) is 0 Å². The summed E-state index contributed by atoms with van der Waals surface area (Å²) in [5.41, 5.74) is -5.82. The average molecular weight is 1590 g/mol. The highest BCUT2D eigenvalue weighted by atomic mass is 32.2. The number of benzene rings is 6. The number of aromatic hydroxyl groups is 2. The van der Waals surface area contributed by atoms with Gasteiger partial charge in [0.1, 0.15) is 34.2 Å². The van der Waals surface area contributed by atoms with Crippen molar-refractivity contribution in [1.82, 2.24) is 30.6 Å². The van der Waals surface area contributed by atoms with Crippen LogP contribution >= 0.6 is 0 Å². The van der Waals surface area contributed by atoms with Gasteiger partial charge >= 0.3 is 11.9 Å². The number of phenolic OH excluding ortho intramolecular Hbond substituents is 2. The second-order valence-electron chi connectivity index (χ2n) is 24.6. The van der Waals surface area contributed by atoms with E-state index in [1.54, 1.807) is 0 Å². The van der Waals surface area contributed by atoms with Crippen molar-refractivity contribution in [2.45, 2.75) is 47.8 Å². The molecule has 12 rings (SSSR count). The molecule has 4 aliphatic rings. The van der Waals surface area contributed by atoms with E-state index >= 15 is 0 Å². The van der Waals surface area contributed by atoms with Crippen LogP contribution in [0.2, 0.25) is 0 Å². The fourth-order valence-corrected chi connectivity index (χ4v) is 16.0. The lowest BCUT2D eigenvalue weighted by molar-refractivity contribution is 0.0157. The van der Waals surface area contributed by atoms with Crippen molar-refractivity contribution in [3.8, 4) is 56.4 Å². The van der Waals surface area contributed by atoms with E-state index < -0.39 is 140 Å². The summed E-state index contributed by atoms with van der Waals surface area (Å²) in [5.74, 6) is -6.10. The predicted octanol–water partition coefficient (Wildman–Crippen LogP) is 8.48. The van der Waals surface area contributed by atoms with Gasteiger partial charge in [-0.25, -0.2) is 29.5 Å². The molecule has 4 aromatic carbocycles. The molecule has 6 heterocycles. The normalized spacial score (nSPS) is 11.9. The zero-order valence-electron chi connectivity index (χ0n) is 58.6. The number of phenols is 2. The Morgan fingerprint density at radius 1 is 0.396 bits per heavy atom. The lowest BCUT2D eigenvalue weighted by Gasteiger charge is -2.22. The average Bonchev–Trinajstić information content (AvgIpc) is 0.728. The quantitative estimate of drug-likeness (QED) is 0.0115. The number of aromatic carboxylic acids is 2. The number of hydrogen-bond acceptors (Lipinski definition) is 25. The molecule has 0 atom stereocenters. The molecule has 0 unspecified atom stereocenters. The van der Waals surface area contributed by atoms with E-state index in [2.05, 4.69) is 49.5 Å². The summed E-state index contributed by atoms with van der Waals surface area (Å²) < 4.78 is 147.